The van der Waals surface area contributed by atoms with Crippen LogP contribution in [0.1, 0.15) is 11.1 Å². The Morgan fingerprint density at radius 3 is 2.28 bits per heavy atom. The third kappa shape index (κ3) is 3.38. The Hall–Kier alpha value is -3.86. The van der Waals surface area contributed by atoms with Crippen molar-refractivity contribution >= 4 is 28.8 Å². The van der Waals surface area contributed by atoms with E-state index in [1.165, 1.54) is 4.90 Å². The number of carbonyl (C=O) groups is 2. The SMILES string of the molecule is COc1cccc(N2C(=O)C(Nc3ccccc3C)=C(c3ccccc3)C2=O)c1. The molecule has 0 saturated carbocycles. The van der Waals surface area contributed by atoms with E-state index in [1.807, 2.05) is 61.5 Å². The van der Waals surface area contributed by atoms with Crippen molar-refractivity contribution in [1.29, 1.82) is 0 Å². The predicted molar refractivity (Wildman–Crippen MR) is 114 cm³/mol. The first-order valence-corrected chi connectivity index (χ1v) is 9.25. The lowest BCUT2D eigenvalue weighted by atomic mass is 10.0. The number of benzene rings is 3. The summed E-state index contributed by atoms with van der Waals surface area (Å²) in [5, 5.41) is 3.20. The molecule has 0 radical (unpaired) electrons. The first-order valence-electron chi connectivity index (χ1n) is 9.25. The van der Waals surface area contributed by atoms with Gasteiger partial charge >= 0.3 is 0 Å². The zero-order chi connectivity index (χ0) is 20.4. The maximum absolute atomic E-state index is 13.4. The summed E-state index contributed by atoms with van der Waals surface area (Å²) in [6.07, 6.45) is 0. The van der Waals surface area contributed by atoms with Crippen LogP contribution < -0.4 is 15.0 Å². The molecule has 2 amide bonds. The lowest BCUT2D eigenvalue weighted by molar-refractivity contribution is -0.120. The van der Waals surface area contributed by atoms with Crippen LogP contribution in [0.2, 0.25) is 0 Å². The molecule has 5 heteroatoms. The largest absolute Gasteiger partial charge is 0.497 e. The van der Waals surface area contributed by atoms with Crippen molar-refractivity contribution in [2.24, 2.45) is 0 Å². The quantitative estimate of drug-likeness (QED) is 0.663. The maximum Gasteiger partial charge on any atom is 0.282 e. The Morgan fingerprint density at radius 1 is 0.828 bits per heavy atom. The second kappa shape index (κ2) is 7.64. The van der Waals surface area contributed by atoms with Gasteiger partial charge in [0.1, 0.15) is 11.4 Å². The fourth-order valence-electron chi connectivity index (χ4n) is 3.35. The van der Waals surface area contributed by atoms with Gasteiger partial charge in [-0.15, -0.1) is 0 Å². The molecule has 0 unspecified atom stereocenters. The summed E-state index contributed by atoms with van der Waals surface area (Å²) in [7, 11) is 1.55. The zero-order valence-electron chi connectivity index (χ0n) is 16.2. The number of hydrogen-bond donors (Lipinski definition) is 1. The van der Waals surface area contributed by atoms with Crippen LogP contribution in [-0.2, 0) is 9.59 Å². The van der Waals surface area contributed by atoms with E-state index in [-0.39, 0.29) is 11.6 Å². The van der Waals surface area contributed by atoms with Crippen LogP contribution >= 0.6 is 0 Å². The minimum absolute atomic E-state index is 0.262. The summed E-state index contributed by atoms with van der Waals surface area (Å²) in [6, 6.07) is 23.8. The molecule has 144 valence electrons. The first-order chi connectivity index (χ1) is 14.1. The Kier molecular flexibility index (Phi) is 4.87. The van der Waals surface area contributed by atoms with Crippen molar-refractivity contribution in [2.75, 3.05) is 17.3 Å². The number of carbonyl (C=O) groups excluding carboxylic acids is 2. The molecule has 4 rings (SSSR count). The summed E-state index contributed by atoms with van der Waals surface area (Å²) < 4.78 is 5.26. The molecule has 1 aliphatic rings. The van der Waals surface area contributed by atoms with E-state index in [2.05, 4.69) is 5.32 Å². The highest BCUT2D eigenvalue weighted by Crippen LogP contribution is 2.35. The standard InChI is InChI=1S/C24H20N2O3/c1-16-9-6-7-14-20(16)25-22-21(17-10-4-3-5-11-17)23(27)26(24(22)28)18-12-8-13-19(15-18)29-2/h3-15,25H,1-2H3. The minimum atomic E-state index is -0.398. The number of methoxy groups -OCH3 is 1. The lowest BCUT2D eigenvalue weighted by Crippen LogP contribution is -2.32. The van der Waals surface area contributed by atoms with Crippen LogP contribution in [0.25, 0.3) is 5.57 Å². The molecular formula is C24H20N2O3. The minimum Gasteiger partial charge on any atom is -0.497 e. The van der Waals surface area contributed by atoms with E-state index in [9.17, 15) is 9.59 Å². The highest BCUT2D eigenvalue weighted by atomic mass is 16.5. The molecule has 3 aromatic carbocycles. The number of imide groups is 1. The second-order valence-electron chi connectivity index (χ2n) is 6.70. The van der Waals surface area contributed by atoms with E-state index in [0.29, 0.717) is 22.6 Å². The van der Waals surface area contributed by atoms with E-state index in [1.54, 1.807) is 31.4 Å². The molecule has 1 aliphatic heterocycles. The molecular weight excluding hydrogens is 364 g/mol. The molecule has 0 aliphatic carbocycles. The summed E-state index contributed by atoms with van der Waals surface area (Å²) in [6.45, 7) is 1.95. The smallest absolute Gasteiger partial charge is 0.282 e. The predicted octanol–water partition coefficient (Wildman–Crippen LogP) is 4.40. The monoisotopic (exact) mass is 384 g/mol. The number of nitrogens with zero attached hydrogens (tertiary/aromatic N) is 1. The van der Waals surface area contributed by atoms with Gasteiger partial charge in [0.05, 0.1) is 18.4 Å². The molecule has 3 aromatic rings. The van der Waals surface area contributed by atoms with Gasteiger partial charge in [0.2, 0.25) is 0 Å². The summed E-state index contributed by atoms with van der Waals surface area (Å²) in [5.74, 6) is -0.194. The van der Waals surface area contributed by atoms with Crippen LogP contribution in [0.4, 0.5) is 11.4 Å². The van der Waals surface area contributed by atoms with Crippen molar-refractivity contribution < 1.29 is 14.3 Å². The normalized spacial score (nSPS) is 13.8. The van der Waals surface area contributed by atoms with E-state index >= 15 is 0 Å². The van der Waals surface area contributed by atoms with Crippen LogP contribution in [-0.4, -0.2) is 18.9 Å². The van der Waals surface area contributed by atoms with E-state index in [4.69, 9.17) is 4.74 Å². The average molecular weight is 384 g/mol. The molecule has 1 heterocycles. The van der Waals surface area contributed by atoms with E-state index < -0.39 is 5.91 Å². The molecule has 5 nitrogen and oxygen atoms in total. The number of aryl methyl sites for hydroxylation is 1. The Morgan fingerprint density at radius 2 is 1.55 bits per heavy atom. The number of nitrogens with one attached hydrogen (secondary N) is 1. The van der Waals surface area contributed by atoms with Gasteiger partial charge in [-0.2, -0.15) is 0 Å². The van der Waals surface area contributed by atoms with Gasteiger partial charge in [-0.05, 0) is 36.2 Å². The van der Waals surface area contributed by atoms with Gasteiger partial charge in [0.15, 0.2) is 0 Å². The maximum atomic E-state index is 13.4. The molecule has 0 spiro atoms. The van der Waals surface area contributed by atoms with Crippen molar-refractivity contribution in [3.8, 4) is 5.75 Å². The number of rotatable bonds is 5. The van der Waals surface area contributed by atoms with Crippen molar-refractivity contribution in [1.82, 2.24) is 0 Å². The lowest BCUT2D eigenvalue weighted by Gasteiger charge is -2.16. The number of amides is 2. The average Bonchev–Trinajstić information content (AvgIpc) is 3.00. The van der Waals surface area contributed by atoms with Gasteiger partial charge < -0.3 is 10.1 Å². The summed E-state index contributed by atoms with van der Waals surface area (Å²) in [5.41, 5.74) is 3.53. The van der Waals surface area contributed by atoms with Crippen molar-refractivity contribution in [2.45, 2.75) is 6.92 Å². The second-order valence-corrected chi connectivity index (χ2v) is 6.70. The molecule has 0 atom stereocenters. The zero-order valence-corrected chi connectivity index (χ0v) is 16.2. The highest BCUT2D eigenvalue weighted by Gasteiger charge is 2.40. The number of hydrogen-bond acceptors (Lipinski definition) is 4. The first kappa shape index (κ1) is 18.5. The third-order valence-electron chi connectivity index (χ3n) is 4.86. The fraction of sp³-hybridized carbons (Fsp3) is 0.0833. The van der Waals surface area contributed by atoms with Gasteiger partial charge in [-0.1, -0.05) is 54.6 Å². The Labute approximate surface area is 169 Å². The fourth-order valence-corrected chi connectivity index (χ4v) is 3.35. The summed E-state index contributed by atoms with van der Waals surface area (Å²) >= 11 is 0. The topological polar surface area (TPSA) is 58.6 Å². The molecule has 0 bridgehead atoms. The van der Waals surface area contributed by atoms with Gasteiger partial charge in [-0.25, -0.2) is 4.90 Å². The van der Waals surface area contributed by atoms with E-state index in [0.717, 1.165) is 11.3 Å². The highest BCUT2D eigenvalue weighted by molar-refractivity contribution is 6.46. The molecule has 0 fully saturated rings. The third-order valence-corrected chi connectivity index (χ3v) is 4.86. The van der Waals surface area contributed by atoms with Crippen molar-refractivity contribution in [3.63, 3.8) is 0 Å². The molecule has 29 heavy (non-hydrogen) atoms. The Balaban J connectivity index is 1.83. The molecule has 0 saturated heterocycles. The van der Waals surface area contributed by atoms with Crippen molar-refractivity contribution in [3.05, 3.63) is 95.7 Å². The number of ether oxygens (including phenoxy) is 1. The van der Waals surface area contributed by atoms with Gasteiger partial charge in [-0.3, -0.25) is 9.59 Å². The van der Waals surface area contributed by atoms with Crippen LogP contribution in [0.5, 0.6) is 5.75 Å². The summed E-state index contributed by atoms with van der Waals surface area (Å²) in [4.78, 5) is 27.9. The van der Waals surface area contributed by atoms with Gasteiger partial charge in [0, 0.05) is 11.8 Å². The van der Waals surface area contributed by atoms with Crippen LogP contribution in [0.15, 0.2) is 84.6 Å². The molecule has 1 N–H and O–H groups in total. The van der Waals surface area contributed by atoms with Crippen LogP contribution in [0, 0.1) is 6.92 Å². The molecule has 0 aromatic heterocycles. The number of anilines is 2. The Bertz CT molecular complexity index is 1120. The van der Waals surface area contributed by atoms with Crippen LogP contribution in [0.3, 0.4) is 0 Å². The number of para-hydroxylation sites is 1. The van der Waals surface area contributed by atoms with Gasteiger partial charge in [0.25, 0.3) is 11.8 Å².